The lowest BCUT2D eigenvalue weighted by Crippen LogP contribution is -2.65. The Labute approximate surface area is 454 Å². The fraction of sp³-hybridized carbons (Fsp3) is 0.968. The van der Waals surface area contributed by atoms with Crippen LogP contribution in [-0.2, 0) is 23.5 Å². The zero-order valence-corrected chi connectivity index (χ0v) is 52.8. The second-order valence-electron chi connectivity index (χ2n) is 29.7. The summed E-state index contributed by atoms with van der Waals surface area (Å²) >= 11 is 5.67. The number of hydrogen-bond donors (Lipinski definition) is 3. The van der Waals surface area contributed by atoms with Crippen LogP contribution in [0.5, 0.6) is 0 Å². The van der Waals surface area contributed by atoms with Gasteiger partial charge < -0.3 is 29.2 Å². The Bertz CT molecular complexity index is 1830. The molecule has 0 aliphatic heterocycles. The molecule has 8 fully saturated rings. The molecule has 424 valence electrons. The van der Waals surface area contributed by atoms with E-state index in [1.807, 2.05) is 0 Å². The molecule has 0 heterocycles. The molecule has 8 aliphatic carbocycles. The van der Waals surface area contributed by atoms with Crippen LogP contribution in [0.25, 0.3) is 0 Å². The molecule has 8 nitrogen and oxygen atoms in total. The average molecular weight is 1080 g/mol. The number of halogens is 1. The van der Waals surface area contributed by atoms with Crippen LogP contribution < -0.4 is 0 Å². The van der Waals surface area contributed by atoms with Crippen LogP contribution in [-0.4, -0.2) is 81.6 Å². The molecule has 0 bridgehead atoms. The summed E-state index contributed by atoms with van der Waals surface area (Å²) in [7, 11) is 0.144. The number of hydrogen-bond acceptors (Lipinski definition) is 8. The van der Waals surface area contributed by atoms with Crippen LogP contribution >= 0.6 is 11.1 Å². The fourth-order valence-electron chi connectivity index (χ4n) is 20.2. The minimum absolute atomic E-state index is 0.0505. The van der Waals surface area contributed by atoms with Crippen LogP contribution in [0.15, 0.2) is 0 Å². The number of methoxy groups -OCH3 is 2. The van der Waals surface area contributed by atoms with Gasteiger partial charge in [-0.2, -0.15) is 11.1 Å². The highest BCUT2D eigenvalue weighted by molar-refractivity contribution is 7.18. The van der Waals surface area contributed by atoms with E-state index < -0.39 is 15.7 Å². The van der Waals surface area contributed by atoms with Gasteiger partial charge in [0, 0.05) is 12.8 Å². The van der Waals surface area contributed by atoms with Crippen molar-refractivity contribution >= 4 is 38.7 Å². The summed E-state index contributed by atoms with van der Waals surface area (Å²) in [5.74, 6) is 8.56. The smallest absolute Gasteiger partial charge is 0.305 e. The molecule has 8 rings (SSSR count). The Morgan fingerprint density at radius 3 is 1.58 bits per heavy atom. The highest BCUT2D eigenvalue weighted by Crippen LogP contribution is 2.73. The molecular formula is C62H113ClO8Si2. The summed E-state index contributed by atoms with van der Waals surface area (Å²) in [4.78, 5) is 23.7. The average Bonchev–Trinajstić information content (AvgIpc) is 3.86. The molecule has 0 aromatic heterocycles. The van der Waals surface area contributed by atoms with Crippen LogP contribution in [0.3, 0.4) is 0 Å². The first kappa shape index (κ1) is 61.7. The van der Waals surface area contributed by atoms with Gasteiger partial charge in [-0.25, -0.2) is 0 Å². The predicted molar refractivity (Wildman–Crippen MR) is 305 cm³/mol. The number of aliphatic hydroxyl groups excluding tert-OH is 3. The lowest BCUT2D eigenvalue weighted by atomic mass is 9.39. The van der Waals surface area contributed by atoms with Gasteiger partial charge in [-0.05, 0) is 219 Å². The second kappa shape index (κ2) is 23.7. The van der Waals surface area contributed by atoms with Crippen molar-refractivity contribution in [2.45, 2.75) is 249 Å². The maximum absolute atomic E-state index is 11.9. The van der Waals surface area contributed by atoms with E-state index in [-0.39, 0.29) is 52.9 Å². The van der Waals surface area contributed by atoms with Crippen molar-refractivity contribution in [2.24, 2.45) is 116 Å². The van der Waals surface area contributed by atoms with Gasteiger partial charge in [-0.15, -0.1) is 0 Å². The van der Waals surface area contributed by atoms with Gasteiger partial charge in [0.2, 0.25) is 0 Å². The Hall–Kier alpha value is -0.496. The van der Waals surface area contributed by atoms with Gasteiger partial charge in [0.05, 0.1) is 38.6 Å². The Balaban J connectivity index is 0.000000219. The predicted octanol–water partition coefficient (Wildman–Crippen LogP) is 14.8. The SMILES string of the molecule is CC[C@H]1[C@@H](O)[C@@H]2[C@H](C[C@H](O)[C@]3(C)[C@@H]([C@H](C)CCC(=O)OC)CC[C@@H]23)[C@@]2(C)CC[C@@H](O)C[C@@H]12.CC[C@H]1[C@@H](O[Si](C)(C)C)[C@@H]2[C@H](C[C@H](C)[C@]3(C)[C@@H]([C@H](C)CCC(=O)OC)CC[C@@H]23)[C@@]2(C)CC[C@@H](C)C[C@@H]12.C[Si](C)(C)Cl. The number of carbonyl (C=O) groups is 2. The highest BCUT2D eigenvalue weighted by Gasteiger charge is 2.69. The maximum Gasteiger partial charge on any atom is 0.305 e. The molecule has 0 aromatic rings. The Kier molecular flexibility index (Phi) is 20.0. The third-order valence-electron chi connectivity index (χ3n) is 23.8. The first-order valence-electron chi connectivity index (χ1n) is 30.4. The van der Waals surface area contributed by atoms with Gasteiger partial charge in [0.25, 0.3) is 0 Å². The monoisotopic (exact) mass is 1080 g/mol. The number of aliphatic hydroxyl groups is 3. The van der Waals surface area contributed by atoms with Crippen molar-refractivity contribution in [3.05, 3.63) is 0 Å². The maximum atomic E-state index is 11.9. The minimum atomic E-state index is -1.68. The molecule has 11 heteroatoms. The summed E-state index contributed by atoms with van der Waals surface area (Å²) in [5, 5.41) is 33.9. The fourth-order valence-corrected chi connectivity index (χ4v) is 21.4. The van der Waals surface area contributed by atoms with Crippen molar-refractivity contribution in [3.8, 4) is 0 Å². The molecule has 0 spiro atoms. The lowest BCUT2D eigenvalue weighted by Gasteiger charge is -2.67. The number of rotatable bonds is 12. The van der Waals surface area contributed by atoms with Gasteiger partial charge in [-0.3, -0.25) is 9.59 Å². The molecule has 73 heavy (non-hydrogen) atoms. The molecule has 0 unspecified atom stereocenters. The summed E-state index contributed by atoms with van der Waals surface area (Å²) in [6.07, 6.45) is 18.2. The van der Waals surface area contributed by atoms with E-state index >= 15 is 0 Å². The summed E-state index contributed by atoms with van der Waals surface area (Å²) in [6.45, 7) is 38.0. The normalized spacial score (nSPS) is 46.7. The van der Waals surface area contributed by atoms with E-state index in [9.17, 15) is 24.9 Å². The van der Waals surface area contributed by atoms with Crippen LogP contribution in [0, 0.1) is 116 Å². The Morgan fingerprint density at radius 2 is 1.08 bits per heavy atom. The van der Waals surface area contributed by atoms with Crippen LogP contribution in [0.4, 0.5) is 0 Å². The molecule has 8 aliphatic rings. The van der Waals surface area contributed by atoms with Crippen molar-refractivity contribution in [3.63, 3.8) is 0 Å². The van der Waals surface area contributed by atoms with Gasteiger partial charge in [0.1, 0.15) is 7.38 Å². The third-order valence-corrected chi connectivity index (χ3v) is 24.8. The van der Waals surface area contributed by atoms with Crippen molar-refractivity contribution in [1.29, 1.82) is 0 Å². The molecule has 0 radical (unpaired) electrons. The van der Waals surface area contributed by atoms with E-state index in [1.54, 1.807) is 0 Å². The number of carbonyl (C=O) groups excluding carboxylic acids is 2. The van der Waals surface area contributed by atoms with Gasteiger partial charge in [-0.1, -0.05) is 108 Å². The zero-order valence-electron chi connectivity index (χ0n) is 50.0. The third kappa shape index (κ3) is 12.2. The first-order chi connectivity index (χ1) is 33.9. The molecule has 0 aromatic carbocycles. The van der Waals surface area contributed by atoms with E-state index in [2.05, 4.69) is 109 Å². The van der Waals surface area contributed by atoms with Crippen molar-refractivity contribution in [1.82, 2.24) is 0 Å². The van der Waals surface area contributed by atoms with Crippen molar-refractivity contribution < 1.29 is 38.8 Å². The minimum Gasteiger partial charge on any atom is -0.469 e. The summed E-state index contributed by atoms with van der Waals surface area (Å²) < 4.78 is 17.2. The molecule has 24 atom stereocenters. The number of ether oxygens (including phenoxy) is 2. The second-order valence-corrected chi connectivity index (χ2v) is 41.7. The van der Waals surface area contributed by atoms with Crippen LogP contribution in [0.2, 0.25) is 39.3 Å². The van der Waals surface area contributed by atoms with Gasteiger partial charge in [0.15, 0.2) is 8.32 Å². The molecule has 8 saturated carbocycles. The number of esters is 2. The van der Waals surface area contributed by atoms with E-state index in [1.165, 1.54) is 59.2 Å². The van der Waals surface area contributed by atoms with E-state index in [0.29, 0.717) is 83.0 Å². The standard InChI is InChI=1S/C32H58O3Si.C27H46O5.C3H9ClSi/c1-11-23-26-18-20(2)16-17-31(26,5)27-19-22(4)32(6)24(21(3)12-15-28(33)34-7)13-14-25(32)29(27)30(23)35-36(8,9)10;1-6-17-20-13-16(28)11-12-26(20,3)21-14-22(29)27(4)18(15(2)7-10-23(30)32-5)8-9-19(27)24(21)25(17)31;1-5(2,3)4/h20-27,29-30H,11-19H2,1-10H3;15-22,24-25,28-29,31H,6-14H2,1-5H3;1-3H3/t20-,21-,22+,23-,24-,25+,26+,27+,29+,30-,31+,32-;15-,16-,17-,18-,19+,20+,21+,22+,24+,25-,26+,27-;/m11./s1. The lowest BCUT2D eigenvalue weighted by molar-refractivity contribution is -0.228. The quantitative estimate of drug-likeness (QED) is 0.100. The van der Waals surface area contributed by atoms with Gasteiger partial charge >= 0.3 is 11.9 Å². The highest BCUT2D eigenvalue weighted by atomic mass is 35.6. The summed E-state index contributed by atoms with van der Waals surface area (Å²) in [6, 6.07) is 0. The van der Waals surface area contributed by atoms with Crippen molar-refractivity contribution in [2.75, 3.05) is 14.2 Å². The summed E-state index contributed by atoms with van der Waals surface area (Å²) in [5.41, 5.74) is 0.691. The number of fused-ring (bicyclic) bond motifs is 10. The zero-order chi connectivity index (χ0) is 54.6. The topological polar surface area (TPSA) is 123 Å². The molecule has 3 N–H and O–H groups in total. The molecular weight excluding hydrogens is 964 g/mol. The first-order valence-corrected chi connectivity index (χ1v) is 38.3. The Morgan fingerprint density at radius 1 is 0.616 bits per heavy atom. The largest absolute Gasteiger partial charge is 0.469 e. The van der Waals surface area contributed by atoms with E-state index in [4.69, 9.17) is 25.0 Å². The molecule has 0 amide bonds. The molecule has 0 saturated heterocycles. The van der Waals surface area contributed by atoms with E-state index in [0.717, 1.165) is 87.4 Å². The van der Waals surface area contributed by atoms with Crippen LogP contribution in [0.1, 0.15) is 185 Å².